The van der Waals surface area contributed by atoms with Crippen LogP contribution in [0.4, 0.5) is 17.1 Å². The van der Waals surface area contributed by atoms with Gasteiger partial charge in [-0.3, -0.25) is 0 Å². The number of ether oxygens (including phenoxy) is 1. The van der Waals surface area contributed by atoms with Crippen LogP contribution in [-0.2, 0) is 0 Å². The first kappa shape index (κ1) is 21.6. The zero-order valence-electron chi connectivity index (χ0n) is 18.2. The fraction of sp³-hybridized carbons (Fsp3) is 0.0385. The second-order valence-corrected chi connectivity index (χ2v) is 7.35. The van der Waals surface area contributed by atoms with Crippen LogP contribution in [0.3, 0.4) is 0 Å². The SMILES string of the molecule is CN=C(NOc1ccc(-c2ccc(N)cc2)c(N)c1)Oc1ccc(-c2ccc(N)cc2)cc1. The van der Waals surface area contributed by atoms with Gasteiger partial charge in [0.05, 0.1) is 0 Å². The molecule has 0 amide bonds. The van der Waals surface area contributed by atoms with Gasteiger partial charge in [-0.15, -0.1) is 0 Å². The third-order valence-electron chi connectivity index (χ3n) is 5.02. The zero-order chi connectivity index (χ0) is 23.2. The molecule has 33 heavy (non-hydrogen) atoms. The molecule has 7 nitrogen and oxygen atoms in total. The van der Waals surface area contributed by atoms with Gasteiger partial charge in [-0.2, -0.15) is 5.48 Å². The maximum absolute atomic E-state index is 6.22. The highest BCUT2D eigenvalue weighted by molar-refractivity contribution is 5.79. The molecule has 4 aromatic carbocycles. The molecule has 0 heterocycles. The first-order valence-corrected chi connectivity index (χ1v) is 10.3. The molecule has 0 saturated carbocycles. The average Bonchev–Trinajstić information content (AvgIpc) is 2.83. The van der Waals surface area contributed by atoms with Gasteiger partial charge in [-0.1, -0.05) is 36.4 Å². The fourth-order valence-corrected chi connectivity index (χ4v) is 3.25. The first-order chi connectivity index (χ1) is 16.0. The molecule has 0 unspecified atom stereocenters. The van der Waals surface area contributed by atoms with Crippen molar-refractivity contribution in [2.45, 2.75) is 0 Å². The average molecular weight is 440 g/mol. The van der Waals surface area contributed by atoms with Gasteiger partial charge in [0.25, 0.3) is 0 Å². The molecule has 0 saturated heterocycles. The van der Waals surface area contributed by atoms with Crippen LogP contribution in [0.2, 0.25) is 0 Å². The van der Waals surface area contributed by atoms with E-state index in [-0.39, 0.29) is 6.02 Å². The number of hydroxylamine groups is 1. The van der Waals surface area contributed by atoms with Gasteiger partial charge < -0.3 is 26.8 Å². The number of hydrogen-bond acceptors (Lipinski definition) is 6. The van der Waals surface area contributed by atoms with E-state index in [1.165, 1.54) is 0 Å². The highest BCUT2D eigenvalue weighted by atomic mass is 16.7. The summed E-state index contributed by atoms with van der Waals surface area (Å²) in [5.41, 5.74) is 26.5. The van der Waals surface area contributed by atoms with Crippen LogP contribution in [0, 0.1) is 0 Å². The Morgan fingerprint density at radius 1 is 0.667 bits per heavy atom. The van der Waals surface area contributed by atoms with E-state index in [9.17, 15) is 0 Å². The van der Waals surface area contributed by atoms with Crippen LogP contribution in [0.5, 0.6) is 11.5 Å². The number of rotatable bonds is 5. The minimum atomic E-state index is 0.205. The Hall–Kier alpha value is -4.65. The lowest BCUT2D eigenvalue weighted by Gasteiger charge is -2.13. The van der Waals surface area contributed by atoms with Crippen LogP contribution >= 0.6 is 0 Å². The smallest absolute Gasteiger partial charge is 0.324 e. The van der Waals surface area contributed by atoms with Gasteiger partial charge in [0, 0.05) is 35.7 Å². The van der Waals surface area contributed by atoms with Crippen LogP contribution in [0.25, 0.3) is 22.3 Å². The summed E-state index contributed by atoms with van der Waals surface area (Å²) >= 11 is 0. The topological polar surface area (TPSA) is 121 Å². The molecular weight excluding hydrogens is 414 g/mol. The second-order valence-electron chi connectivity index (χ2n) is 7.35. The molecule has 0 aromatic heterocycles. The van der Waals surface area contributed by atoms with Gasteiger partial charge in [0.2, 0.25) is 0 Å². The Kier molecular flexibility index (Phi) is 6.31. The van der Waals surface area contributed by atoms with Crippen LogP contribution in [0.1, 0.15) is 0 Å². The maximum atomic E-state index is 6.22. The van der Waals surface area contributed by atoms with Gasteiger partial charge >= 0.3 is 6.02 Å². The molecule has 0 radical (unpaired) electrons. The molecule has 7 heteroatoms. The molecule has 0 atom stereocenters. The minimum Gasteiger partial charge on any atom is -0.424 e. The van der Waals surface area contributed by atoms with Crippen molar-refractivity contribution in [3.8, 4) is 33.8 Å². The Bertz CT molecular complexity index is 1250. The van der Waals surface area contributed by atoms with Gasteiger partial charge in [-0.05, 0) is 65.2 Å². The van der Waals surface area contributed by atoms with Crippen LogP contribution in [0.15, 0.2) is 96.0 Å². The Labute approximate surface area is 192 Å². The molecule has 0 aliphatic rings. The van der Waals surface area contributed by atoms with E-state index in [0.29, 0.717) is 22.9 Å². The van der Waals surface area contributed by atoms with Crippen molar-refractivity contribution in [1.29, 1.82) is 0 Å². The van der Waals surface area contributed by atoms with Crippen molar-refractivity contribution in [3.63, 3.8) is 0 Å². The predicted octanol–water partition coefficient (Wildman–Crippen LogP) is 4.72. The molecule has 4 rings (SSSR count). The van der Waals surface area contributed by atoms with Crippen molar-refractivity contribution in [2.24, 2.45) is 4.99 Å². The van der Waals surface area contributed by atoms with Crippen molar-refractivity contribution >= 4 is 23.1 Å². The fourth-order valence-electron chi connectivity index (χ4n) is 3.25. The predicted molar refractivity (Wildman–Crippen MR) is 135 cm³/mol. The lowest BCUT2D eigenvalue weighted by atomic mass is 10.0. The molecule has 7 N–H and O–H groups in total. The third kappa shape index (κ3) is 5.34. The number of nitrogens with zero attached hydrogens (tertiary/aromatic N) is 1. The molecule has 0 fully saturated rings. The summed E-state index contributed by atoms with van der Waals surface area (Å²) in [4.78, 5) is 9.69. The minimum absolute atomic E-state index is 0.205. The summed E-state index contributed by atoms with van der Waals surface area (Å²) in [5.74, 6) is 1.14. The molecule has 0 aliphatic carbocycles. The summed E-state index contributed by atoms with van der Waals surface area (Å²) in [5, 5.41) is 0. The molecule has 0 spiro atoms. The highest BCUT2D eigenvalue weighted by Gasteiger charge is 2.08. The lowest BCUT2D eigenvalue weighted by molar-refractivity contribution is 0.237. The number of nitrogens with two attached hydrogens (primary N) is 3. The number of anilines is 3. The van der Waals surface area contributed by atoms with E-state index in [1.54, 1.807) is 13.1 Å². The molecule has 0 bridgehead atoms. The Morgan fingerprint density at radius 3 is 1.73 bits per heavy atom. The van der Waals surface area contributed by atoms with E-state index in [1.807, 2.05) is 84.9 Å². The van der Waals surface area contributed by atoms with E-state index in [0.717, 1.165) is 27.9 Å². The number of amidine groups is 1. The summed E-state index contributed by atoms with van der Waals surface area (Å²) in [7, 11) is 1.60. The van der Waals surface area contributed by atoms with Crippen LogP contribution < -0.4 is 32.3 Å². The van der Waals surface area contributed by atoms with Gasteiger partial charge in [0.15, 0.2) is 5.75 Å². The normalized spacial score (nSPS) is 11.1. The van der Waals surface area contributed by atoms with E-state index in [4.69, 9.17) is 26.8 Å². The number of benzene rings is 4. The maximum Gasteiger partial charge on any atom is 0.324 e. The van der Waals surface area contributed by atoms with E-state index in [2.05, 4.69) is 10.5 Å². The van der Waals surface area contributed by atoms with Crippen molar-refractivity contribution < 1.29 is 9.57 Å². The molecule has 4 aromatic rings. The number of aliphatic imine (C=N–C) groups is 1. The first-order valence-electron chi connectivity index (χ1n) is 10.3. The highest BCUT2D eigenvalue weighted by Crippen LogP contribution is 2.30. The Balaban J connectivity index is 1.38. The van der Waals surface area contributed by atoms with Crippen molar-refractivity contribution in [2.75, 3.05) is 24.2 Å². The molecule has 0 aliphatic heterocycles. The number of nitrogen functional groups attached to an aromatic ring is 3. The van der Waals surface area contributed by atoms with E-state index < -0.39 is 0 Å². The Morgan fingerprint density at radius 2 is 1.18 bits per heavy atom. The summed E-state index contributed by atoms with van der Waals surface area (Å²) in [6.07, 6.45) is 0. The number of nitrogens with one attached hydrogen (secondary N) is 1. The lowest BCUT2D eigenvalue weighted by Crippen LogP contribution is -2.31. The molecular formula is C26H25N5O2. The molecule has 166 valence electrons. The van der Waals surface area contributed by atoms with Gasteiger partial charge in [0.1, 0.15) is 5.75 Å². The summed E-state index contributed by atoms with van der Waals surface area (Å²) < 4.78 is 5.78. The van der Waals surface area contributed by atoms with Crippen molar-refractivity contribution in [3.05, 3.63) is 91.0 Å². The van der Waals surface area contributed by atoms with Gasteiger partial charge in [-0.25, -0.2) is 4.99 Å². The third-order valence-corrected chi connectivity index (χ3v) is 5.02. The quantitative estimate of drug-likeness (QED) is 0.155. The summed E-state index contributed by atoms with van der Waals surface area (Å²) in [6.45, 7) is 0. The standard InChI is InChI=1S/C26H25N5O2/c1-30-26(32-22-12-6-18(7-13-22)17-2-8-20(27)9-3-17)31-33-23-14-15-24(25(29)16-23)19-4-10-21(28)11-5-19/h2-16H,27-29H2,1H3,(H,30,31). The summed E-state index contributed by atoms with van der Waals surface area (Å²) in [6, 6.07) is 28.5. The zero-order valence-corrected chi connectivity index (χ0v) is 18.2. The second kappa shape index (κ2) is 9.65. The monoisotopic (exact) mass is 439 g/mol. The largest absolute Gasteiger partial charge is 0.424 e. The van der Waals surface area contributed by atoms with Crippen molar-refractivity contribution in [1.82, 2.24) is 5.48 Å². The number of hydrogen-bond donors (Lipinski definition) is 4. The van der Waals surface area contributed by atoms with E-state index >= 15 is 0 Å². The van der Waals surface area contributed by atoms with Crippen LogP contribution in [-0.4, -0.2) is 13.1 Å².